The quantitative estimate of drug-likeness (QED) is 0.727. The molecule has 94 valence electrons. The molecule has 0 spiro atoms. The summed E-state index contributed by atoms with van der Waals surface area (Å²) < 4.78 is 0. The third kappa shape index (κ3) is 3.78. The molecule has 0 aliphatic carbocycles. The first kappa shape index (κ1) is 13.5. The van der Waals surface area contributed by atoms with Crippen LogP contribution in [0.4, 0.5) is 0 Å². The molecule has 0 radical (unpaired) electrons. The van der Waals surface area contributed by atoms with Gasteiger partial charge in [-0.2, -0.15) is 0 Å². The zero-order valence-corrected chi connectivity index (χ0v) is 10.6. The molecule has 1 aliphatic rings. The highest BCUT2D eigenvalue weighted by Crippen LogP contribution is 2.26. The largest absolute Gasteiger partial charge is 0.481 e. The van der Waals surface area contributed by atoms with Crippen LogP contribution in [0.15, 0.2) is 0 Å². The molecule has 1 N–H and O–H groups in total. The van der Waals surface area contributed by atoms with Gasteiger partial charge in [-0.05, 0) is 32.2 Å². The molecule has 0 aromatic rings. The van der Waals surface area contributed by atoms with Crippen LogP contribution in [-0.4, -0.2) is 34.6 Å². The highest BCUT2D eigenvalue weighted by molar-refractivity contribution is 5.67. The van der Waals surface area contributed by atoms with Gasteiger partial charge >= 0.3 is 5.97 Å². The fraction of sp³-hybridized carbons (Fsp3) is 0.923. The fourth-order valence-electron chi connectivity index (χ4n) is 2.90. The normalized spacial score (nSPS) is 21.8. The monoisotopic (exact) mass is 227 g/mol. The molecule has 3 nitrogen and oxygen atoms in total. The minimum Gasteiger partial charge on any atom is -0.481 e. The zero-order valence-electron chi connectivity index (χ0n) is 10.6. The van der Waals surface area contributed by atoms with Crippen molar-refractivity contribution in [2.24, 2.45) is 0 Å². The van der Waals surface area contributed by atoms with Crippen molar-refractivity contribution in [1.82, 2.24) is 4.90 Å². The SMILES string of the molecule is CCCC(CCC)N1CCCC1CC(=O)O. The van der Waals surface area contributed by atoms with Crippen molar-refractivity contribution in [2.75, 3.05) is 6.54 Å². The van der Waals surface area contributed by atoms with Crippen molar-refractivity contribution in [3.63, 3.8) is 0 Å². The first-order valence-electron chi connectivity index (χ1n) is 6.66. The summed E-state index contributed by atoms with van der Waals surface area (Å²) in [6, 6.07) is 0.905. The van der Waals surface area contributed by atoms with Gasteiger partial charge in [-0.25, -0.2) is 0 Å². The van der Waals surface area contributed by atoms with E-state index in [9.17, 15) is 4.79 Å². The Bertz CT molecular complexity index is 212. The van der Waals surface area contributed by atoms with Gasteiger partial charge < -0.3 is 5.11 Å². The molecular weight excluding hydrogens is 202 g/mol. The van der Waals surface area contributed by atoms with E-state index in [0.717, 1.165) is 13.0 Å². The van der Waals surface area contributed by atoms with Crippen LogP contribution in [0, 0.1) is 0 Å². The van der Waals surface area contributed by atoms with Crippen LogP contribution >= 0.6 is 0 Å². The minimum atomic E-state index is -0.649. The number of carboxylic acids is 1. The summed E-state index contributed by atoms with van der Waals surface area (Å²) in [5, 5.41) is 8.91. The number of aliphatic carboxylic acids is 1. The fourth-order valence-corrected chi connectivity index (χ4v) is 2.90. The van der Waals surface area contributed by atoms with Crippen molar-refractivity contribution in [3.05, 3.63) is 0 Å². The maximum absolute atomic E-state index is 10.8. The second kappa shape index (κ2) is 6.89. The van der Waals surface area contributed by atoms with Gasteiger partial charge in [0, 0.05) is 12.1 Å². The van der Waals surface area contributed by atoms with Crippen LogP contribution in [0.3, 0.4) is 0 Å². The van der Waals surface area contributed by atoms with E-state index in [2.05, 4.69) is 18.7 Å². The van der Waals surface area contributed by atoms with Gasteiger partial charge in [-0.15, -0.1) is 0 Å². The average molecular weight is 227 g/mol. The molecule has 16 heavy (non-hydrogen) atoms. The maximum Gasteiger partial charge on any atom is 0.304 e. The molecule has 0 saturated carbocycles. The molecule has 0 bridgehead atoms. The predicted molar refractivity (Wildman–Crippen MR) is 65.6 cm³/mol. The van der Waals surface area contributed by atoms with Crippen molar-refractivity contribution >= 4 is 5.97 Å². The molecule has 1 saturated heterocycles. The Morgan fingerprint density at radius 2 is 2.00 bits per heavy atom. The van der Waals surface area contributed by atoms with E-state index in [1.54, 1.807) is 0 Å². The molecule has 0 aromatic carbocycles. The summed E-state index contributed by atoms with van der Waals surface area (Å²) in [7, 11) is 0. The van der Waals surface area contributed by atoms with Gasteiger partial charge in [-0.3, -0.25) is 9.69 Å². The van der Waals surface area contributed by atoms with Gasteiger partial charge in [0.15, 0.2) is 0 Å². The van der Waals surface area contributed by atoms with Gasteiger partial charge in [-0.1, -0.05) is 26.7 Å². The highest BCUT2D eigenvalue weighted by atomic mass is 16.4. The molecule has 1 fully saturated rings. The average Bonchev–Trinajstić information content (AvgIpc) is 2.64. The third-order valence-electron chi connectivity index (χ3n) is 3.55. The Balaban J connectivity index is 2.55. The van der Waals surface area contributed by atoms with E-state index in [4.69, 9.17) is 5.11 Å². The Labute approximate surface area is 98.8 Å². The maximum atomic E-state index is 10.8. The van der Waals surface area contributed by atoms with E-state index in [0.29, 0.717) is 18.5 Å². The van der Waals surface area contributed by atoms with E-state index in [-0.39, 0.29) is 0 Å². The summed E-state index contributed by atoms with van der Waals surface area (Å²) in [4.78, 5) is 13.3. The lowest BCUT2D eigenvalue weighted by Gasteiger charge is -2.32. The van der Waals surface area contributed by atoms with Crippen molar-refractivity contribution < 1.29 is 9.90 Å². The smallest absolute Gasteiger partial charge is 0.304 e. The Morgan fingerprint density at radius 3 is 2.50 bits per heavy atom. The molecule has 1 rings (SSSR count). The number of hydrogen-bond acceptors (Lipinski definition) is 2. The topological polar surface area (TPSA) is 40.5 Å². The van der Waals surface area contributed by atoms with Gasteiger partial charge in [0.2, 0.25) is 0 Å². The summed E-state index contributed by atoms with van der Waals surface area (Å²) in [6.07, 6.45) is 7.37. The summed E-state index contributed by atoms with van der Waals surface area (Å²) >= 11 is 0. The van der Waals surface area contributed by atoms with Gasteiger partial charge in [0.1, 0.15) is 0 Å². The molecule has 0 aromatic heterocycles. The number of carbonyl (C=O) groups is 1. The first-order chi connectivity index (χ1) is 7.69. The van der Waals surface area contributed by atoms with E-state index >= 15 is 0 Å². The Morgan fingerprint density at radius 1 is 1.38 bits per heavy atom. The van der Waals surface area contributed by atoms with Crippen LogP contribution in [-0.2, 0) is 4.79 Å². The first-order valence-corrected chi connectivity index (χ1v) is 6.66. The Hall–Kier alpha value is -0.570. The summed E-state index contributed by atoms with van der Waals surface area (Å²) in [5.74, 6) is -0.649. The van der Waals surface area contributed by atoms with Crippen LogP contribution in [0.5, 0.6) is 0 Å². The lowest BCUT2D eigenvalue weighted by Crippen LogP contribution is -2.40. The van der Waals surface area contributed by atoms with Gasteiger partial charge in [0.25, 0.3) is 0 Å². The predicted octanol–water partition coefficient (Wildman–Crippen LogP) is 2.89. The lowest BCUT2D eigenvalue weighted by atomic mass is 10.0. The highest BCUT2D eigenvalue weighted by Gasteiger charge is 2.30. The standard InChI is InChI=1S/C13H25NO2/c1-3-6-11(7-4-2)14-9-5-8-12(14)10-13(15)16/h11-12H,3-10H2,1-2H3,(H,15,16). The molecule has 1 aliphatic heterocycles. The van der Waals surface area contributed by atoms with Crippen LogP contribution in [0.25, 0.3) is 0 Å². The van der Waals surface area contributed by atoms with Crippen LogP contribution in [0.2, 0.25) is 0 Å². The van der Waals surface area contributed by atoms with Crippen molar-refractivity contribution in [1.29, 1.82) is 0 Å². The van der Waals surface area contributed by atoms with E-state index in [1.165, 1.54) is 32.1 Å². The van der Waals surface area contributed by atoms with E-state index < -0.39 is 5.97 Å². The Kier molecular flexibility index (Phi) is 5.81. The second-order valence-corrected chi connectivity index (χ2v) is 4.86. The van der Waals surface area contributed by atoms with Crippen molar-refractivity contribution in [2.45, 2.75) is 70.9 Å². The summed E-state index contributed by atoms with van der Waals surface area (Å²) in [5.41, 5.74) is 0. The zero-order chi connectivity index (χ0) is 12.0. The molecule has 3 heteroatoms. The number of hydrogen-bond donors (Lipinski definition) is 1. The molecule has 1 atom stereocenters. The lowest BCUT2D eigenvalue weighted by molar-refractivity contribution is -0.138. The molecular formula is C13H25NO2. The van der Waals surface area contributed by atoms with Gasteiger partial charge in [0.05, 0.1) is 6.42 Å². The molecule has 1 heterocycles. The van der Waals surface area contributed by atoms with Crippen molar-refractivity contribution in [3.8, 4) is 0 Å². The number of carboxylic acid groups (broad SMARTS) is 1. The number of rotatable bonds is 7. The summed E-state index contributed by atoms with van der Waals surface area (Å²) in [6.45, 7) is 5.53. The molecule has 0 amide bonds. The third-order valence-corrected chi connectivity index (χ3v) is 3.55. The minimum absolute atomic E-state index is 0.292. The number of nitrogens with zero attached hydrogens (tertiary/aromatic N) is 1. The van der Waals surface area contributed by atoms with Crippen LogP contribution in [0.1, 0.15) is 58.8 Å². The number of likely N-dealkylation sites (tertiary alicyclic amines) is 1. The molecule has 1 unspecified atom stereocenters. The second-order valence-electron chi connectivity index (χ2n) is 4.86. The van der Waals surface area contributed by atoms with Crippen LogP contribution < -0.4 is 0 Å². The van der Waals surface area contributed by atoms with E-state index in [1.807, 2.05) is 0 Å².